The van der Waals surface area contributed by atoms with Crippen LogP contribution in [-0.2, 0) is 4.74 Å². The second-order valence-corrected chi connectivity index (χ2v) is 11.0. The Balaban J connectivity index is 1.40. The minimum absolute atomic E-state index is 0.0922. The highest BCUT2D eigenvalue weighted by atomic mass is 19.1. The summed E-state index contributed by atoms with van der Waals surface area (Å²) in [7, 11) is 0. The van der Waals surface area contributed by atoms with Crippen LogP contribution in [0.1, 0.15) is 36.8 Å². The number of hydrogen-bond donors (Lipinski definition) is 2. The molecule has 2 aromatic heterocycles. The number of aromatic nitrogens is 4. The van der Waals surface area contributed by atoms with Gasteiger partial charge in [-0.1, -0.05) is 19.9 Å². The summed E-state index contributed by atoms with van der Waals surface area (Å²) in [6, 6.07) is 9.10. The van der Waals surface area contributed by atoms with Gasteiger partial charge in [-0.15, -0.1) is 0 Å². The lowest BCUT2D eigenvalue weighted by Crippen LogP contribution is -2.35. The molecule has 2 aliphatic rings. The van der Waals surface area contributed by atoms with Gasteiger partial charge < -0.3 is 20.7 Å². The van der Waals surface area contributed by atoms with Crippen LogP contribution < -0.4 is 21.5 Å². The summed E-state index contributed by atoms with van der Waals surface area (Å²) in [5.41, 5.74) is 6.72. The standard InChI is InChI=1S/C28H29F2N7O3/c1-28(2)15-35(13-23(28)31)25-17-12-36(16-10-11-40-14-16)33-20(17)6-7-21(25)32-27(39)22-8-9-24(38)37(34-22)26-18(29)4-3-5-19(26)30/h3-9,12,16,23H,10-11,13-15,31H2,1-2H3,(H,32,39)/t16?,23-/m1/s1. The van der Waals surface area contributed by atoms with Gasteiger partial charge in [0.05, 0.1) is 29.5 Å². The molecule has 12 heteroatoms. The Morgan fingerprint density at radius 3 is 2.55 bits per heavy atom. The number of nitrogens with two attached hydrogens (primary N) is 1. The molecule has 2 aliphatic heterocycles. The van der Waals surface area contributed by atoms with Crippen LogP contribution in [0.2, 0.25) is 0 Å². The Hall–Kier alpha value is -4.16. The van der Waals surface area contributed by atoms with Gasteiger partial charge in [-0.05, 0) is 42.2 Å². The number of amides is 1. The average Bonchev–Trinajstić information content (AvgIpc) is 3.64. The molecule has 0 spiro atoms. The van der Waals surface area contributed by atoms with E-state index in [4.69, 9.17) is 15.6 Å². The third-order valence-electron chi connectivity index (χ3n) is 7.72. The maximum absolute atomic E-state index is 14.4. The van der Waals surface area contributed by atoms with Gasteiger partial charge in [0, 0.05) is 43.4 Å². The molecule has 0 radical (unpaired) electrons. The van der Waals surface area contributed by atoms with Gasteiger partial charge >= 0.3 is 0 Å². The Morgan fingerprint density at radius 1 is 1.10 bits per heavy atom. The summed E-state index contributed by atoms with van der Waals surface area (Å²) >= 11 is 0. The van der Waals surface area contributed by atoms with Crippen molar-refractivity contribution >= 4 is 28.2 Å². The molecule has 0 bridgehead atoms. The lowest BCUT2D eigenvalue weighted by Gasteiger charge is -2.25. The number of benzene rings is 2. The van der Waals surface area contributed by atoms with Gasteiger partial charge in [0.15, 0.2) is 11.6 Å². The number of halogens is 2. The van der Waals surface area contributed by atoms with Gasteiger partial charge in [0.2, 0.25) is 0 Å². The Morgan fingerprint density at radius 2 is 1.88 bits per heavy atom. The summed E-state index contributed by atoms with van der Waals surface area (Å²) in [5, 5.41) is 12.5. The zero-order valence-electron chi connectivity index (χ0n) is 22.1. The molecule has 1 unspecified atom stereocenters. The fourth-order valence-corrected chi connectivity index (χ4v) is 5.36. The molecule has 1 amide bonds. The van der Waals surface area contributed by atoms with E-state index in [0.29, 0.717) is 36.7 Å². The number of carbonyl (C=O) groups excluding carboxylic acids is 1. The monoisotopic (exact) mass is 549 g/mol. The molecule has 4 heterocycles. The first-order chi connectivity index (χ1) is 19.1. The van der Waals surface area contributed by atoms with Crippen molar-refractivity contribution in [3.05, 3.63) is 76.3 Å². The zero-order valence-corrected chi connectivity index (χ0v) is 22.1. The number of fused-ring (bicyclic) bond motifs is 1. The fraction of sp³-hybridized carbons (Fsp3) is 0.357. The summed E-state index contributed by atoms with van der Waals surface area (Å²) in [4.78, 5) is 28.0. The average molecular weight is 550 g/mol. The van der Waals surface area contributed by atoms with Crippen molar-refractivity contribution in [2.24, 2.45) is 11.1 Å². The quantitative estimate of drug-likeness (QED) is 0.392. The van der Waals surface area contributed by atoms with Gasteiger partial charge in [-0.25, -0.2) is 8.78 Å². The highest BCUT2D eigenvalue weighted by Crippen LogP contribution is 2.41. The lowest BCUT2D eigenvalue weighted by atomic mass is 9.89. The third-order valence-corrected chi connectivity index (χ3v) is 7.72. The van der Waals surface area contributed by atoms with Crippen LogP contribution in [0.4, 0.5) is 20.2 Å². The predicted octanol–water partition coefficient (Wildman–Crippen LogP) is 3.25. The normalized spacial score (nSPS) is 20.4. The lowest BCUT2D eigenvalue weighted by molar-refractivity contribution is 0.102. The highest BCUT2D eigenvalue weighted by molar-refractivity contribution is 6.08. The van der Waals surface area contributed by atoms with Crippen molar-refractivity contribution in [3.8, 4) is 5.69 Å². The van der Waals surface area contributed by atoms with E-state index in [1.807, 2.05) is 16.9 Å². The highest BCUT2D eigenvalue weighted by Gasteiger charge is 2.38. The number of nitrogens with zero attached hydrogens (tertiary/aromatic N) is 5. The van der Waals surface area contributed by atoms with Crippen LogP contribution in [0.25, 0.3) is 16.6 Å². The third kappa shape index (κ3) is 4.52. The van der Waals surface area contributed by atoms with Crippen LogP contribution in [0.3, 0.4) is 0 Å². The van der Waals surface area contributed by atoms with E-state index in [9.17, 15) is 18.4 Å². The molecule has 208 valence electrons. The fourth-order valence-electron chi connectivity index (χ4n) is 5.36. The zero-order chi connectivity index (χ0) is 28.2. The molecule has 10 nitrogen and oxygen atoms in total. The second kappa shape index (κ2) is 9.79. The number of ether oxygens (including phenoxy) is 1. The summed E-state index contributed by atoms with van der Waals surface area (Å²) < 4.78 is 36.8. The van der Waals surface area contributed by atoms with E-state index in [0.717, 1.165) is 41.2 Å². The summed E-state index contributed by atoms with van der Waals surface area (Å²) in [5.74, 6) is -2.60. The number of carbonyl (C=O) groups is 1. The first-order valence-electron chi connectivity index (χ1n) is 13.1. The number of anilines is 2. The largest absolute Gasteiger partial charge is 0.379 e. The van der Waals surface area contributed by atoms with Crippen LogP contribution in [-0.4, -0.2) is 57.8 Å². The van der Waals surface area contributed by atoms with Crippen molar-refractivity contribution in [2.75, 3.05) is 36.5 Å². The van der Waals surface area contributed by atoms with Crippen molar-refractivity contribution in [1.29, 1.82) is 0 Å². The van der Waals surface area contributed by atoms with Gasteiger partial charge in [0.25, 0.3) is 11.5 Å². The van der Waals surface area contributed by atoms with Crippen LogP contribution >= 0.6 is 0 Å². The van der Waals surface area contributed by atoms with Crippen LogP contribution in [0.15, 0.2) is 53.5 Å². The van der Waals surface area contributed by atoms with E-state index in [1.165, 1.54) is 12.1 Å². The molecule has 2 saturated heterocycles. The number of rotatable bonds is 5. The Kier molecular flexibility index (Phi) is 6.38. The number of nitrogens with one attached hydrogen (secondary N) is 1. The summed E-state index contributed by atoms with van der Waals surface area (Å²) in [6.07, 6.45) is 2.83. The summed E-state index contributed by atoms with van der Waals surface area (Å²) in [6.45, 7) is 6.69. The van der Waals surface area contributed by atoms with Crippen molar-refractivity contribution in [1.82, 2.24) is 19.6 Å². The Labute approximate surface area is 228 Å². The molecule has 2 aromatic carbocycles. The molecule has 0 saturated carbocycles. The van der Waals surface area contributed by atoms with Gasteiger partial charge in [-0.2, -0.15) is 14.9 Å². The van der Waals surface area contributed by atoms with Gasteiger partial charge in [-0.3, -0.25) is 14.3 Å². The molecule has 2 atom stereocenters. The van der Waals surface area contributed by atoms with Crippen molar-refractivity contribution in [3.63, 3.8) is 0 Å². The second-order valence-electron chi connectivity index (χ2n) is 11.0. The van der Waals surface area contributed by atoms with Crippen molar-refractivity contribution < 1.29 is 18.3 Å². The van der Waals surface area contributed by atoms with E-state index in [1.54, 1.807) is 6.07 Å². The number of hydrogen-bond acceptors (Lipinski definition) is 7. The SMILES string of the molecule is CC1(C)CN(c2c(NC(=O)c3ccc(=O)n(-c4c(F)cccc4F)n3)ccc3nn(C4CCOC4)cc23)C[C@H]1N. The number of para-hydroxylation sites is 1. The molecule has 40 heavy (non-hydrogen) atoms. The minimum atomic E-state index is -0.974. The Bertz CT molecular complexity index is 1660. The molecule has 0 aliphatic carbocycles. The predicted molar refractivity (Wildman–Crippen MR) is 146 cm³/mol. The topological polar surface area (TPSA) is 120 Å². The molecule has 4 aromatic rings. The molecule has 3 N–H and O–H groups in total. The van der Waals surface area contributed by atoms with E-state index in [-0.39, 0.29) is 23.2 Å². The first-order valence-corrected chi connectivity index (χ1v) is 13.1. The van der Waals surface area contributed by atoms with Crippen LogP contribution in [0, 0.1) is 17.0 Å². The van der Waals surface area contributed by atoms with E-state index >= 15 is 0 Å². The smallest absolute Gasteiger partial charge is 0.276 e. The van der Waals surface area contributed by atoms with Crippen molar-refractivity contribution in [2.45, 2.75) is 32.4 Å². The molecular formula is C28H29F2N7O3. The molecule has 6 rings (SSSR count). The molecular weight excluding hydrogens is 520 g/mol. The van der Waals surface area contributed by atoms with E-state index < -0.39 is 28.8 Å². The van der Waals surface area contributed by atoms with Crippen LogP contribution in [0.5, 0.6) is 0 Å². The first kappa shape index (κ1) is 26.1. The minimum Gasteiger partial charge on any atom is -0.379 e. The maximum Gasteiger partial charge on any atom is 0.276 e. The van der Waals surface area contributed by atoms with E-state index in [2.05, 4.69) is 29.2 Å². The van der Waals surface area contributed by atoms with Gasteiger partial charge in [0.1, 0.15) is 11.4 Å². The maximum atomic E-state index is 14.4. The molecule has 2 fully saturated rings.